The molecule has 0 heterocycles. The van der Waals surface area contributed by atoms with Crippen LogP contribution in [-0.2, 0) is 4.79 Å². The quantitative estimate of drug-likeness (QED) is 0.866. The van der Waals surface area contributed by atoms with Crippen LogP contribution in [0.2, 0.25) is 5.02 Å². The van der Waals surface area contributed by atoms with Crippen LogP contribution in [0.25, 0.3) is 0 Å². The fraction of sp³-hybridized carbons (Fsp3) is 0.533. The summed E-state index contributed by atoms with van der Waals surface area (Å²) in [6, 6.07) is 7.40. The maximum Gasteiger partial charge on any atom is 0.228 e. The zero-order valence-electron chi connectivity index (χ0n) is 10.1. The molecule has 0 spiro atoms. The van der Waals surface area contributed by atoms with Crippen LogP contribution in [0.15, 0.2) is 24.3 Å². The molecular weight excluding hydrogens is 246 g/mol. The lowest BCUT2D eigenvalue weighted by Crippen LogP contribution is -2.18. The summed E-state index contributed by atoms with van der Waals surface area (Å²) in [7, 11) is 0. The first-order chi connectivity index (χ1) is 8.74. The minimum atomic E-state index is 0.212. The Morgan fingerprint density at radius 3 is 2.61 bits per heavy atom. The van der Waals surface area contributed by atoms with Gasteiger partial charge in [0.25, 0.3) is 0 Å². The molecule has 3 fully saturated rings. The standard InChI is InChI=1S/C15H16ClNO/c16-10-2-1-3-11(7-10)17-15(18)14-12-8-4-5-9(6-8)13(12)14/h1-3,7-9,12-14H,4-6H2,(H,17,18)/t8-,9-,12-,13-/m1/s1. The van der Waals surface area contributed by atoms with Crippen molar-refractivity contribution in [2.75, 3.05) is 5.32 Å². The van der Waals surface area contributed by atoms with Gasteiger partial charge in [-0.1, -0.05) is 17.7 Å². The lowest BCUT2D eigenvalue weighted by atomic mass is 10.0. The van der Waals surface area contributed by atoms with Crippen LogP contribution >= 0.6 is 11.6 Å². The minimum Gasteiger partial charge on any atom is -0.326 e. The molecule has 3 saturated carbocycles. The number of nitrogens with one attached hydrogen (secondary N) is 1. The molecule has 0 aromatic heterocycles. The van der Waals surface area contributed by atoms with Crippen molar-refractivity contribution in [1.29, 1.82) is 0 Å². The lowest BCUT2D eigenvalue weighted by molar-refractivity contribution is -0.118. The SMILES string of the molecule is O=C(Nc1cccc(Cl)c1)C1[C@@H]2[C@@H]3CC[C@H](C3)[C@@H]12. The Morgan fingerprint density at radius 2 is 1.94 bits per heavy atom. The highest BCUT2D eigenvalue weighted by atomic mass is 35.5. The van der Waals surface area contributed by atoms with E-state index in [1.807, 2.05) is 24.3 Å². The first-order valence-electron chi connectivity index (χ1n) is 6.80. The molecule has 1 N–H and O–H groups in total. The zero-order valence-corrected chi connectivity index (χ0v) is 10.9. The third-order valence-corrected chi connectivity index (χ3v) is 5.37. The van der Waals surface area contributed by atoms with Crippen LogP contribution in [0.5, 0.6) is 0 Å². The molecule has 0 radical (unpaired) electrons. The molecule has 1 aromatic carbocycles. The zero-order chi connectivity index (χ0) is 12.3. The van der Waals surface area contributed by atoms with Gasteiger partial charge in [0.1, 0.15) is 0 Å². The number of benzene rings is 1. The Kier molecular flexibility index (Phi) is 2.25. The number of carbonyl (C=O) groups excluding carboxylic acids is 1. The fourth-order valence-corrected chi connectivity index (χ4v) is 4.66. The predicted molar refractivity (Wildman–Crippen MR) is 71.4 cm³/mol. The van der Waals surface area contributed by atoms with Gasteiger partial charge < -0.3 is 5.32 Å². The summed E-state index contributed by atoms with van der Waals surface area (Å²) < 4.78 is 0. The lowest BCUT2D eigenvalue weighted by Gasteiger charge is -2.09. The Hall–Kier alpha value is -1.02. The monoisotopic (exact) mass is 261 g/mol. The van der Waals surface area contributed by atoms with E-state index in [1.54, 1.807) is 0 Å². The van der Waals surface area contributed by atoms with Crippen LogP contribution in [0.4, 0.5) is 5.69 Å². The van der Waals surface area contributed by atoms with E-state index in [-0.39, 0.29) is 11.8 Å². The van der Waals surface area contributed by atoms with E-state index >= 15 is 0 Å². The Balaban J connectivity index is 1.47. The number of hydrogen-bond donors (Lipinski definition) is 1. The van der Waals surface area contributed by atoms with Gasteiger partial charge in [-0.3, -0.25) is 4.79 Å². The second-order valence-electron chi connectivity index (χ2n) is 6.01. The molecule has 3 aliphatic rings. The van der Waals surface area contributed by atoms with Crippen LogP contribution < -0.4 is 5.32 Å². The first kappa shape index (κ1) is 10.9. The number of halogens is 1. The van der Waals surface area contributed by atoms with Gasteiger partial charge in [0.15, 0.2) is 0 Å². The first-order valence-corrected chi connectivity index (χ1v) is 7.18. The number of amides is 1. The molecule has 0 aliphatic heterocycles. The van der Waals surface area contributed by atoms with E-state index in [4.69, 9.17) is 11.6 Å². The normalized spacial score (nSPS) is 39.5. The van der Waals surface area contributed by atoms with E-state index in [9.17, 15) is 4.79 Å². The Labute approximate surface area is 112 Å². The summed E-state index contributed by atoms with van der Waals surface area (Å²) in [6.45, 7) is 0. The van der Waals surface area contributed by atoms with Crippen molar-refractivity contribution < 1.29 is 4.79 Å². The fourth-order valence-electron chi connectivity index (χ4n) is 4.47. The maximum absolute atomic E-state index is 12.3. The van der Waals surface area contributed by atoms with Gasteiger partial charge >= 0.3 is 0 Å². The largest absolute Gasteiger partial charge is 0.326 e. The van der Waals surface area contributed by atoms with Crippen molar-refractivity contribution in [3.8, 4) is 0 Å². The van der Waals surface area contributed by atoms with E-state index < -0.39 is 0 Å². The summed E-state index contributed by atoms with van der Waals surface area (Å²) in [4.78, 5) is 12.3. The van der Waals surface area contributed by atoms with Crippen molar-refractivity contribution >= 4 is 23.2 Å². The van der Waals surface area contributed by atoms with Crippen molar-refractivity contribution in [2.45, 2.75) is 19.3 Å². The van der Waals surface area contributed by atoms with E-state index in [1.165, 1.54) is 19.3 Å². The van der Waals surface area contributed by atoms with Crippen molar-refractivity contribution in [3.63, 3.8) is 0 Å². The number of fused-ring (bicyclic) bond motifs is 5. The average Bonchev–Trinajstić information content (AvgIpc) is 2.79. The van der Waals surface area contributed by atoms with Crippen LogP contribution in [0.3, 0.4) is 0 Å². The van der Waals surface area contributed by atoms with Gasteiger partial charge in [-0.25, -0.2) is 0 Å². The third kappa shape index (κ3) is 1.51. The molecule has 0 unspecified atom stereocenters. The van der Waals surface area contributed by atoms with Gasteiger partial charge in [-0.05, 0) is 61.1 Å². The third-order valence-electron chi connectivity index (χ3n) is 5.13. The molecule has 3 heteroatoms. The number of carbonyl (C=O) groups is 1. The molecule has 3 aliphatic carbocycles. The highest BCUT2D eigenvalue weighted by molar-refractivity contribution is 6.30. The molecule has 1 aromatic rings. The van der Waals surface area contributed by atoms with E-state index in [0.717, 1.165) is 17.5 Å². The topological polar surface area (TPSA) is 29.1 Å². The molecule has 0 saturated heterocycles. The second kappa shape index (κ2) is 3.74. The Bertz CT molecular complexity index is 499. The van der Waals surface area contributed by atoms with E-state index in [2.05, 4.69) is 5.32 Å². The molecule has 4 rings (SSSR count). The second-order valence-corrected chi connectivity index (χ2v) is 6.45. The predicted octanol–water partition coefficient (Wildman–Crippen LogP) is 3.57. The van der Waals surface area contributed by atoms with Crippen LogP contribution in [-0.4, -0.2) is 5.91 Å². The van der Waals surface area contributed by atoms with E-state index in [0.29, 0.717) is 16.9 Å². The van der Waals surface area contributed by atoms with Crippen LogP contribution in [0, 0.1) is 29.6 Å². The number of anilines is 1. The maximum atomic E-state index is 12.3. The molecule has 94 valence electrons. The summed E-state index contributed by atoms with van der Waals surface area (Å²) in [6.07, 6.45) is 4.09. The van der Waals surface area contributed by atoms with Crippen molar-refractivity contribution in [3.05, 3.63) is 29.3 Å². The molecule has 2 bridgehead atoms. The van der Waals surface area contributed by atoms with Gasteiger partial charge in [-0.15, -0.1) is 0 Å². The van der Waals surface area contributed by atoms with Crippen molar-refractivity contribution in [1.82, 2.24) is 0 Å². The molecule has 2 nitrogen and oxygen atoms in total. The van der Waals surface area contributed by atoms with Gasteiger partial charge in [-0.2, -0.15) is 0 Å². The van der Waals surface area contributed by atoms with Gasteiger partial charge in [0.2, 0.25) is 5.91 Å². The number of hydrogen-bond acceptors (Lipinski definition) is 1. The van der Waals surface area contributed by atoms with Gasteiger partial charge in [0.05, 0.1) is 0 Å². The smallest absolute Gasteiger partial charge is 0.228 e. The average molecular weight is 262 g/mol. The summed E-state index contributed by atoms with van der Waals surface area (Å²) in [5.41, 5.74) is 0.824. The van der Waals surface area contributed by atoms with Gasteiger partial charge in [0, 0.05) is 16.6 Å². The summed E-state index contributed by atoms with van der Waals surface area (Å²) in [5.74, 6) is 3.58. The molecule has 1 amide bonds. The highest BCUT2D eigenvalue weighted by Gasteiger charge is 2.67. The van der Waals surface area contributed by atoms with Crippen LogP contribution in [0.1, 0.15) is 19.3 Å². The molecule has 4 atom stereocenters. The minimum absolute atomic E-state index is 0.212. The molecular formula is C15H16ClNO. The van der Waals surface area contributed by atoms with Crippen molar-refractivity contribution in [2.24, 2.45) is 29.6 Å². The number of rotatable bonds is 2. The molecule has 18 heavy (non-hydrogen) atoms. The highest BCUT2D eigenvalue weighted by Crippen LogP contribution is 2.69. The Morgan fingerprint density at radius 1 is 1.22 bits per heavy atom. The summed E-state index contributed by atoms with van der Waals surface area (Å²) in [5, 5.41) is 3.69. The summed E-state index contributed by atoms with van der Waals surface area (Å²) >= 11 is 5.92.